The first kappa shape index (κ1) is 13.5. The summed E-state index contributed by atoms with van der Waals surface area (Å²) in [4.78, 5) is 18.5. The van der Waals surface area contributed by atoms with Crippen molar-refractivity contribution in [1.29, 1.82) is 0 Å². The Morgan fingerprint density at radius 1 is 1.67 bits per heavy atom. The number of carbonyl (C=O) groups excluding carboxylic acids is 1. The fourth-order valence-electron chi connectivity index (χ4n) is 2.04. The van der Waals surface area contributed by atoms with E-state index in [-0.39, 0.29) is 18.1 Å². The van der Waals surface area contributed by atoms with E-state index in [0.717, 1.165) is 10.9 Å². The number of nitrogens with zero attached hydrogens (tertiary/aromatic N) is 2. The number of aryl methyl sites for hydroxylation is 1. The molecule has 1 aliphatic heterocycles. The molecule has 5 heteroatoms. The van der Waals surface area contributed by atoms with E-state index in [0.29, 0.717) is 18.8 Å². The van der Waals surface area contributed by atoms with Crippen molar-refractivity contribution >= 4 is 21.8 Å². The van der Waals surface area contributed by atoms with E-state index >= 15 is 0 Å². The normalized spacial score (nSPS) is 24.1. The molecule has 0 bridgehead atoms. The summed E-state index contributed by atoms with van der Waals surface area (Å²) < 4.78 is 5.62. The molecule has 2 rings (SSSR count). The lowest BCUT2D eigenvalue weighted by Gasteiger charge is -2.37. The number of morpholine rings is 1. The van der Waals surface area contributed by atoms with Gasteiger partial charge in [0.2, 0.25) is 0 Å². The first-order valence-corrected chi connectivity index (χ1v) is 7.15. The predicted molar refractivity (Wildman–Crippen MR) is 73.0 cm³/mol. The summed E-state index contributed by atoms with van der Waals surface area (Å²) in [6.45, 7) is 5.10. The summed E-state index contributed by atoms with van der Waals surface area (Å²) in [5, 5.41) is 0.741. The molecule has 1 amide bonds. The van der Waals surface area contributed by atoms with E-state index in [1.165, 1.54) is 0 Å². The number of halogens is 1. The second-order valence-corrected chi connectivity index (χ2v) is 5.23. The van der Waals surface area contributed by atoms with Crippen LogP contribution in [0.2, 0.25) is 0 Å². The first-order chi connectivity index (χ1) is 8.63. The van der Waals surface area contributed by atoms with Gasteiger partial charge in [-0.15, -0.1) is 0 Å². The number of carbonyl (C=O) groups is 1. The molecule has 2 atom stereocenters. The van der Waals surface area contributed by atoms with Gasteiger partial charge in [0, 0.05) is 18.1 Å². The zero-order valence-electron chi connectivity index (χ0n) is 10.6. The van der Waals surface area contributed by atoms with Crippen LogP contribution in [-0.2, 0) is 4.74 Å². The topological polar surface area (TPSA) is 42.4 Å². The molecule has 4 nitrogen and oxygen atoms in total. The fraction of sp³-hybridized carbons (Fsp3) is 0.538. The van der Waals surface area contributed by atoms with Crippen LogP contribution in [0.4, 0.5) is 0 Å². The van der Waals surface area contributed by atoms with Gasteiger partial charge in [0.25, 0.3) is 5.91 Å². The minimum atomic E-state index is -0.00477. The zero-order valence-corrected chi connectivity index (χ0v) is 12.2. The number of pyridine rings is 1. The average Bonchev–Trinajstić information content (AvgIpc) is 2.39. The molecule has 0 radical (unpaired) electrons. The summed E-state index contributed by atoms with van der Waals surface area (Å²) in [6, 6.07) is 3.85. The molecule has 2 unspecified atom stereocenters. The SMILES string of the molecule is Cc1cccnc1C(=O)N1CC(CBr)OCC1C. The zero-order chi connectivity index (χ0) is 13.1. The molecule has 2 heterocycles. The molecule has 0 saturated carbocycles. The van der Waals surface area contributed by atoms with E-state index in [9.17, 15) is 4.79 Å². The molecule has 18 heavy (non-hydrogen) atoms. The lowest BCUT2D eigenvalue weighted by atomic mass is 10.1. The molecule has 1 aliphatic rings. The van der Waals surface area contributed by atoms with Crippen LogP contribution in [0.3, 0.4) is 0 Å². The third-order valence-electron chi connectivity index (χ3n) is 3.15. The second-order valence-electron chi connectivity index (χ2n) is 4.59. The van der Waals surface area contributed by atoms with Gasteiger partial charge in [0.15, 0.2) is 0 Å². The van der Waals surface area contributed by atoms with Crippen LogP contribution in [-0.4, -0.2) is 46.4 Å². The van der Waals surface area contributed by atoms with Crippen LogP contribution in [0.1, 0.15) is 23.0 Å². The lowest BCUT2D eigenvalue weighted by molar-refractivity contribution is -0.0363. The summed E-state index contributed by atoms with van der Waals surface area (Å²) in [7, 11) is 0. The van der Waals surface area contributed by atoms with Crippen LogP contribution in [0.15, 0.2) is 18.3 Å². The maximum absolute atomic E-state index is 12.5. The number of rotatable bonds is 2. The Hall–Kier alpha value is -0.940. The Morgan fingerprint density at radius 3 is 3.11 bits per heavy atom. The monoisotopic (exact) mass is 312 g/mol. The number of alkyl halides is 1. The Kier molecular flexibility index (Phi) is 4.35. The van der Waals surface area contributed by atoms with Crippen molar-refractivity contribution < 1.29 is 9.53 Å². The summed E-state index contributed by atoms with van der Waals surface area (Å²) in [6.07, 6.45) is 1.72. The minimum absolute atomic E-state index is 0.00477. The smallest absolute Gasteiger partial charge is 0.273 e. The van der Waals surface area contributed by atoms with E-state index in [4.69, 9.17) is 4.74 Å². The van der Waals surface area contributed by atoms with Crippen molar-refractivity contribution in [3.63, 3.8) is 0 Å². The molecule has 1 saturated heterocycles. The van der Waals surface area contributed by atoms with Crippen LogP contribution < -0.4 is 0 Å². The van der Waals surface area contributed by atoms with E-state index in [1.807, 2.05) is 30.9 Å². The predicted octanol–water partition coefficient (Wildman–Crippen LogP) is 2.01. The first-order valence-electron chi connectivity index (χ1n) is 6.03. The number of amides is 1. The molecule has 1 aromatic heterocycles. The maximum atomic E-state index is 12.5. The van der Waals surface area contributed by atoms with Gasteiger partial charge in [-0.3, -0.25) is 9.78 Å². The van der Waals surface area contributed by atoms with Gasteiger partial charge in [-0.25, -0.2) is 0 Å². The molecule has 0 spiro atoms. The van der Waals surface area contributed by atoms with Gasteiger partial charge in [0.05, 0.1) is 18.8 Å². The number of aromatic nitrogens is 1. The van der Waals surface area contributed by atoms with Crippen LogP contribution in [0.25, 0.3) is 0 Å². The third kappa shape index (κ3) is 2.72. The van der Waals surface area contributed by atoms with Gasteiger partial charge in [-0.1, -0.05) is 22.0 Å². The lowest BCUT2D eigenvalue weighted by Crippen LogP contribution is -2.51. The van der Waals surface area contributed by atoms with Crippen LogP contribution in [0, 0.1) is 6.92 Å². The van der Waals surface area contributed by atoms with E-state index in [2.05, 4.69) is 20.9 Å². The van der Waals surface area contributed by atoms with Crippen LogP contribution >= 0.6 is 15.9 Å². The summed E-state index contributed by atoms with van der Waals surface area (Å²) in [5.74, 6) is -0.00477. The van der Waals surface area contributed by atoms with Gasteiger partial charge < -0.3 is 9.64 Å². The van der Waals surface area contributed by atoms with Crippen molar-refractivity contribution in [2.45, 2.75) is 26.0 Å². The Morgan fingerprint density at radius 2 is 2.44 bits per heavy atom. The standard InChI is InChI=1S/C13H17BrN2O2/c1-9-4-3-5-15-12(9)13(17)16-7-11(6-14)18-8-10(16)2/h3-5,10-11H,6-8H2,1-2H3. The Labute approximate surface area is 115 Å². The summed E-state index contributed by atoms with van der Waals surface area (Å²) in [5.41, 5.74) is 1.45. The average molecular weight is 313 g/mol. The minimum Gasteiger partial charge on any atom is -0.373 e. The third-order valence-corrected chi connectivity index (χ3v) is 3.87. The molecule has 0 N–H and O–H groups in total. The summed E-state index contributed by atoms with van der Waals surface area (Å²) >= 11 is 3.40. The highest BCUT2D eigenvalue weighted by Gasteiger charge is 2.30. The van der Waals surface area contributed by atoms with Gasteiger partial charge in [-0.05, 0) is 25.5 Å². The van der Waals surface area contributed by atoms with Gasteiger partial charge >= 0.3 is 0 Å². The Bertz CT molecular complexity index is 439. The van der Waals surface area contributed by atoms with Crippen molar-refractivity contribution in [1.82, 2.24) is 9.88 Å². The number of hydrogen-bond donors (Lipinski definition) is 0. The van der Waals surface area contributed by atoms with Crippen molar-refractivity contribution in [3.8, 4) is 0 Å². The molecule has 0 aromatic carbocycles. The number of hydrogen-bond acceptors (Lipinski definition) is 3. The van der Waals surface area contributed by atoms with Crippen molar-refractivity contribution in [2.24, 2.45) is 0 Å². The molecule has 0 aliphatic carbocycles. The highest BCUT2D eigenvalue weighted by atomic mass is 79.9. The maximum Gasteiger partial charge on any atom is 0.273 e. The number of ether oxygens (including phenoxy) is 1. The fourth-order valence-corrected chi connectivity index (χ4v) is 2.43. The largest absolute Gasteiger partial charge is 0.373 e. The van der Waals surface area contributed by atoms with E-state index < -0.39 is 0 Å². The van der Waals surface area contributed by atoms with Gasteiger partial charge in [0.1, 0.15) is 5.69 Å². The van der Waals surface area contributed by atoms with Crippen LogP contribution in [0.5, 0.6) is 0 Å². The van der Waals surface area contributed by atoms with Crippen molar-refractivity contribution in [3.05, 3.63) is 29.6 Å². The molecule has 1 fully saturated rings. The molecule has 1 aromatic rings. The van der Waals surface area contributed by atoms with E-state index in [1.54, 1.807) is 6.20 Å². The quantitative estimate of drug-likeness (QED) is 0.785. The second kappa shape index (κ2) is 5.80. The molecule has 98 valence electrons. The molecular weight excluding hydrogens is 296 g/mol. The molecular formula is C13H17BrN2O2. The Balaban J connectivity index is 2.19. The highest BCUT2D eigenvalue weighted by molar-refractivity contribution is 9.09. The van der Waals surface area contributed by atoms with Crippen molar-refractivity contribution in [2.75, 3.05) is 18.5 Å². The van der Waals surface area contributed by atoms with Gasteiger partial charge in [-0.2, -0.15) is 0 Å². The highest BCUT2D eigenvalue weighted by Crippen LogP contribution is 2.17.